The van der Waals surface area contributed by atoms with Crippen LogP contribution in [0.1, 0.15) is 35.8 Å². The zero-order chi connectivity index (χ0) is 12.7. The third-order valence-corrected chi connectivity index (χ3v) is 4.20. The second-order valence-corrected chi connectivity index (χ2v) is 5.28. The van der Waals surface area contributed by atoms with Crippen molar-refractivity contribution in [2.24, 2.45) is 0 Å². The Morgan fingerprint density at radius 3 is 3.00 bits per heavy atom. The van der Waals surface area contributed by atoms with Crippen molar-refractivity contribution in [3.8, 4) is 5.69 Å². The van der Waals surface area contributed by atoms with Gasteiger partial charge in [-0.3, -0.25) is 0 Å². The summed E-state index contributed by atoms with van der Waals surface area (Å²) in [7, 11) is 0. The van der Waals surface area contributed by atoms with E-state index in [2.05, 4.69) is 4.57 Å². The van der Waals surface area contributed by atoms with Gasteiger partial charge >= 0.3 is 0 Å². The number of aliphatic hydroxyl groups is 1. The molecule has 1 atom stereocenters. The Bertz CT molecular complexity index is 588. The molecular weight excluding hydrogens is 246 g/mol. The van der Waals surface area contributed by atoms with Crippen LogP contribution in [0.5, 0.6) is 0 Å². The molecule has 0 aliphatic heterocycles. The topological polar surface area (TPSA) is 25.2 Å². The average Bonchev–Trinajstić information content (AvgIpc) is 2.78. The molecule has 1 N–H and O–H groups in total. The second kappa shape index (κ2) is 4.45. The van der Waals surface area contributed by atoms with Gasteiger partial charge in [0.25, 0.3) is 0 Å². The largest absolute Gasteiger partial charge is 0.388 e. The number of nitrogens with zero attached hydrogens (tertiary/aromatic N) is 1. The lowest BCUT2D eigenvalue weighted by Gasteiger charge is -2.20. The Hall–Kier alpha value is -1.25. The van der Waals surface area contributed by atoms with Gasteiger partial charge in [-0.2, -0.15) is 0 Å². The summed E-state index contributed by atoms with van der Waals surface area (Å²) >= 11 is 6.38. The van der Waals surface area contributed by atoms with Crippen LogP contribution in [0.2, 0.25) is 5.02 Å². The Labute approximate surface area is 112 Å². The molecule has 1 unspecified atom stereocenters. The highest BCUT2D eigenvalue weighted by atomic mass is 35.5. The first-order chi connectivity index (χ1) is 8.68. The van der Waals surface area contributed by atoms with Crippen LogP contribution in [0, 0.1) is 6.92 Å². The maximum Gasteiger partial charge on any atom is 0.0807 e. The number of benzene rings is 1. The van der Waals surface area contributed by atoms with Crippen molar-refractivity contribution in [1.82, 2.24) is 4.57 Å². The molecule has 0 saturated heterocycles. The normalized spacial score (nSPS) is 18.7. The molecule has 94 valence electrons. The number of aryl methyl sites for hydroxylation is 1. The molecule has 1 aliphatic carbocycles. The summed E-state index contributed by atoms with van der Waals surface area (Å²) in [6.07, 6.45) is 4.59. The lowest BCUT2D eigenvalue weighted by atomic mass is 9.95. The number of fused-ring (bicyclic) bond motifs is 1. The highest BCUT2D eigenvalue weighted by Gasteiger charge is 2.22. The number of halogens is 1. The van der Waals surface area contributed by atoms with Crippen molar-refractivity contribution in [3.05, 3.63) is 52.3 Å². The molecule has 2 aromatic rings. The predicted molar refractivity (Wildman–Crippen MR) is 73.4 cm³/mol. The van der Waals surface area contributed by atoms with Crippen LogP contribution in [-0.4, -0.2) is 9.67 Å². The summed E-state index contributed by atoms with van der Waals surface area (Å²) in [6, 6.07) is 8.06. The number of aromatic nitrogens is 1. The number of hydrogen-bond donors (Lipinski definition) is 1. The zero-order valence-corrected chi connectivity index (χ0v) is 11.1. The maximum absolute atomic E-state index is 10.00. The summed E-state index contributed by atoms with van der Waals surface area (Å²) < 4.78 is 2.12. The number of hydrogen-bond acceptors (Lipinski definition) is 1. The SMILES string of the molecule is Cc1cccc(-n2ccc3c2CCCC3O)c1Cl. The Morgan fingerprint density at radius 1 is 1.33 bits per heavy atom. The van der Waals surface area contributed by atoms with Gasteiger partial charge in [-0.15, -0.1) is 0 Å². The van der Waals surface area contributed by atoms with Crippen LogP contribution < -0.4 is 0 Å². The summed E-state index contributed by atoms with van der Waals surface area (Å²) in [5, 5.41) is 10.8. The highest BCUT2D eigenvalue weighted by Crippen LogP contribution is 2.34. The van der Waals surface area contributed by atoms with E-state index >= 15 is 0 Å². The average molecular weight is 262 g/mol. The van der Waals surface area contributed by atoms with E-state index < -0.39 is 0 Å². The monoisotopic (exact) mass is 261 g/mol. The Morgan fingerprint density at radius 2 is 2.17 bits per heavy atom. The van der Waals surface area contributed by atoms with Gasteiger partial charge in [0.1, 0.15) is 0 Å². The minimum Gasteiger partial charge on any atom is -0.388 e. The summed E-state index contributed by atoms with van der Waals surface area (Å²) in [4.78, 5) is 0. The summed E-state index contributed by atoms with van der Waals surface area (Å²) in [6.45, 7) is 2.01. The third kappa shape index (κ3) is 1.76. The van der Waals surface area contributed by atoms with Crippen LogP contribution in [-0.2, 0) is 6.42 Å². The Balaban J connectivity index is 2.16. The fraction of sp³-hybridized carbons (Fsp3) is 0.333. The molecule has 2 nitrogen and oxygen atoms in total. The minimum absolute atomic E-state index is 0.321. The van der Waals surface area contributed by atoms with Gasteiger partial charge in [0.05, 0.1) is 16.8 Å². The molecule has 0 radical (unpaired) electrons. The molecule has 1 aromatic heterocycles. The van der Waals surface area contributed by atoms with E-state index in [1.807, 2.05) is 37.4 Å². The van der Waals surface area contributed by atoms with Crippen LogP contribution in [0.3, 0.4) is 0 Å². The van der Waals surface area contributed by atoms with Crippen LogP contribution >= 0.6 is 11.6 Å². The van der Waals surface area contributed by atoms with Crippen molar-refractivity contribution in [2.75, 3.05) is 0 Å². The van der Waals surface area contributed by atoms with E-state index in [9.17, 15) is 5.11 Å². The molecule has 0 amide bonds. The van der Waals surface area contributed by atoms with Crippen LogP contribution in [0.15, 0.2) is 30.5 Å². The van der Waals surface area contributed by atoms with E-state index in [-0.39, 0.29) is 6.10 Å². The first kappa shape index (κ1) is 11.8. The molecule has 1 aromatic carbocycles. The standard InChI is InChI=1S/C15H16ClNO/c1-10-4-2-6-13(15(10)16)17-9-8-11-12(17)5-3-7-14(11)18/h2,4,6,8-9,14,18H,3,5,7H2,1H3. The highest BCUT2D eigenvalue weighted by molar-refractivity contribution is 6.33. The lowest BCUT2D eigenvalue weighted by molar-refractivity contribution is 0.156. The van der Waals surface area contributed by atoms with Gasteiger partial charge in [0.15, 0.2) is 0 Å². The first-order valence-corrected chi connectivity index (χ1v) is 6.70. The van der Waals surface area contributed by atoms with E-state index in [4.69, 9.17) is 11.6 Å². The maximum atomic E-state index is 10.00. The fourth-order valence-corrected chi connectivity index (χ4v) is 2.93. The van der Waals surface area contributed by atoms with Gasteiger partial charge < -0.3 is 9.67 Å². The van der Waals surface area contributed by atoms with Gasteiger partial charge in [-0.1, -0.05) is 23.7 Å². The van der Waals surface area contributed by atoms with Gasteiger partial charge in [-0.05, 0) is 43.9 Å². The van der Waals surface area contributed by atoms with Crippen molar-refractivity contribution in [3.63, 3.8) is 0 Å². The smallest absolute Gasteiger partial charge is 0.0807 e. The third-order valence-electron chi connectivity index (χ3n) is 3.71. The van der Waals surface area contributed by atoms with E-state index in [0.717, 1.165) is 41.1 Å². The molecule has 1 aliphatic rings. The van der Waals surface area contributed by atoms with Gasteiger partial charge in [0, 0.05) is 17.5 Å². The molecule has 0 saturated carbocycles. The van der Waals surface area contributed by atoms with Crippen molar-refractivity contribution in [1.29, 1.82) is 0 Å². The fourth-order valence-electron chi connectivity index (χ4n) is 2.71. The number of aliphatic hydroxyl groups excluding tert-OH is 1. The van der Waals surface area contributed by atoms with Crippen molar-refractivity contribution < 1.29 is 5.11 Å². The zero-order valence-electron chi connectivity index (χ0n) is 10.4. The first-order valence-electron chi connectivity index (χ1n) is 6.32. The van der Waals surface area contributed by atoms with Crippen LogP contribution in [0.25, 0.3) is 5.69 Å². The van der Waals surface area contributed by atoms with Crippen LogP contribution in [0.4, 0.5) is 0 Å². The second-order valence-electron chi connectivity index (χ2n) is 4.90. The van der Waals surface area contributed by atoms with Gasteiger partial charge in [-0.25, -0.2) is 0 Å². The molecule has 0 fully saturated rings. The molecule has 3 rings (SSSR count). The molecule has 18 heavy (non-hydrogen) atoms. The number of rotatable bonds is 1. The minimum atomic E-state index is -0.321. The van der Waals surface area contributed by atoms with Crippen molar-refractivity contribution >= 4 is 11.6 Å². The van der Waals surface area contributed by atoms with Crippen molar-refractivity contribution in [2.45, 2.75) is 32.3 Å². The molecule has 0 bridgehead atoms. The van der Waals surface area contributed by atoms with E-state index in [1.165, 1.54) is 5.69 Å². The molecule has 3 heteroatoms. The molecule has 0 spiro atoms. The lowest BCUT2D eigenvalue weighted by Crippen LogP contribution is -2.11. The van der Waals surface area contributed by atoms with E-state index in [0.29, 0.717) is 0 Å². The quantitative estimate of drug-likeness (QED) is 0.830. The summed E-state index contributed by atoms with van der Waals surface area (Å²) in [5.41, 5.74) is 4.33. The van der Waals surface area contributed by atoms with E-state index in [1.54, 1.807) is 0 Å². The Kier molecular flexibility index (Phi) is 2.92. The molecule has 1 heterocycles. The van der Waals surface area contributed by atoms with Gasteiger partial charge in [0.2, 0.25) is 0 Å². The summed E-state index contributed by atoms with van der Waals surface area (Å²) in [5.74, 6) is 0. The molecular formula is C15H16ClNO. The predicted octanol–water partition coefficient (Wildman–Crippen LogP) is 3.81.